The Morgan fingerprint density at radius 1 is 1.30 bits per heavy atom. The topological polar surface area (TPSA) is 54.5 Å². The van der Waals surface area contributed by atoms with E-state index in [1.807, 2.05) is 19.9 Å². The lowest BCUT2D eigenvalue weighted by atomic mass is 10.1. The van der Waals surface area contributed by atoms with Crippen molar-refractivity contribution in [1.29, 1.82) is 0 Å². The Hall–Kier alpha value is -0.880. The van der Waals surface area contributed by atoms with Crippen molar-refractivity contribution in [2.75, 3.05) is 5.75 Å². The Morgan fingerprint density at radius 2 is 1.96 bits per heavy atom. The van der Waals surface area contributed by atoms with Crippen molar-refractivity contribution in [2.45, 2.75) is 57.4 Å². The van der Waals surface area contributed by atoms with Gasteiger partial charge in [0.25, 0.3) is 0 Å². The number of hydrogen-bond acceptors (Lipinski definition) is 3. The summed E-state index contributed by atoms with van der Waals surface area (Å²) in [5.74, 6) is -0.773. The number of amides is 1. The quantitative estimate of drug-likeness (QED) is 0.732. The van der Waals surface area contributed by atoms with Gasteiger partial charge >= 0.3 is 0 Å². The Morgan fingerprint density at radius 3 is 2.52 bits per heavy atom. The van der Waals surface area contributed by atoms with Crippen molar-refractivity contribution in [2.24, 2.45) is 0 Å². The van der Waals surface area contributed by atoms with Crippen LogP contribution in [0.25, 0.3) is 0 Å². The molecule has 0 radical (unpaired) electrons. The van der Waals surface area contributed by atoms with E-state index in [1.54, 1.807) is 23.1 Å². The summed E-state index contributed by atoms with van der Waals surface area (Å²) in [6.07, 6.45) is 4.20. The number of rotatable bonds is 6. The fourth-order valence-corrected chi connectivity index (χ4v) is 5.05. The third-order valence-electron chi connectivity index (χ3n) is 4.18. The van der Waals surface area contributed by atoms with E-state index in [-0.39, 0.29) is 23.7 Å². The van der Waals surface area contributed by atoms with Crippen LogP contribution in [0.15, 0.2) is 28.7 Å². The number of hydrogen-bond donors (Lipinski definition) is 0. The average Bonchev–Trinajstić information content (AvgIpc) is 2.90. The molecule has 128 valence electrons. The monoisotopic (exact) mass is 401 g/mol. The molecule has 0 spiro atoms. The van der Waals surface area contributed by atoms with E-state index >= 15 is 0 Å². The summed E-state index contributed by atoms with van der Waals surface area (Å²) in [5, 5.41) is 0. The molecule has 0 aliphatic heterocycles. The van der Waals surface area contributed by atoms with Gasteiger partial charge in [0.1, 0.15) is 5.75 Å². The normalized spacial score (nSPS) is 16.0. The maximum Gasteiger partial charge on any atom is 0.238 e. The van der Waals surface area contributed by atoms with Crippen molar-refractivity contribution >= 4 is 31.7 Å². The van der Waals surface area contributed by atoms with Gasteiger partial charge in [0.2, 0.25) is 5.91 Å². The summed E-state index contributed by atoms with van der Waals surface area (Å²) in [7, 11) is -3.47. The highest BCUT2D eigenvalue weighted by Gasteiger charge is 2.31. The molecule has 4 nitrogen and oxygen atoms in total. The third-order valence-corrected chi connectivity index (χ3v) is 6.13. The summed E-state index contributed by atoms with van der Waals surface area (Å²) in [4.78, 5) is 14.4. The molecule has 1 fully saturated rings. The first-order valence-electron chi connectivity index (χ1n) is 8.04. The highest BCUT2D eigenvalue weighted by atomic mass is 79.9. The van der Waals surface area contributed by atoms with E-state index in [0.717, 1.165) is 30.2 Å². The minimum atomic E-state index is -3.47. The van der Waals surface area contributed by atoms with E-state index in [4.69, 9.17) is 0 Å². The van der Waals surface area contributed by atoms with Gasteiger partial charge < -0.3 is 4.90 Å². The summed E-state index contributed by atoms with van der Waals surface area (Å²) in [5.41, 5.74) is 0.698. The molecule has 0 atom stereocenters. The molecule has 23 heavy (non-hydrogen) atoms. The van der Waals surface area contributed by atoms with Gasteiger partial charge in [0.15, 0.2) is 9.84 Å². The molecule has 0 heterocycles. The van der Waals surface area contributed by atoms with Gasteiger partial charge in [0.05, 0.1) is 5.75 Å². The van der Waals surface area contributed by atoms with Crippen LogP contribution >= 0.6 is 15.9 Å². The minimum Gasteiger partial charge on any atom is -0.336 e. The highest BCUT2D eigenvalue weighted by Crippen LogP contribution is 2.25. The predicted molar refractivity (Wildman–Crippen MR) is 95.9 cm³/mol. The Bertz CT molecular complexity index is 652. The molecule has 2 rings (SSSR count). The smallest absolute Gasteiger partial charge is 0.238 e. The van der Waals surface area contributed by atoms with E-state index < -0.39 is 15.6 Å². The maximum absolute atomic E-state index is 12.6. The second-order valence-corrected chi connectivity index (χ2v) is 9.48. The standard InChI is InChI=1S/C17H24BrNO3S/c1-13(2)19(16-8-3-4-9-16)17(20)12-23(21,22)11-14-6-5-7-15(18)10-14/h5-7,10,13,16H,3-4,8-9,11-12H2,1-2H3. The summed E-state index contributed by atoms with van der Waals surface area (Å²) < 4.78 is 25.6. The largest absolute Gasteiger partial charge is 0.336 e. The van der Waals surface area contributed by atoms with Crippen LogP contribution in [-0.4, -0.2) is 37.1 Å². The lowest BCUT2D eigenvalue weighted by molar-refractivity contribution is -0.132. The van der Waals surface area contributed by atoms with Crippen LogP contribution in [0.4, 0.5) is 0 Å². The zero-order valence-electron chi connectivity index (χ0n) is 13.7. The Labute approximate surface area is 147 Å². The van der Waals surface area contributed by atoms with Crippen LogP contribution in [0.2, 0.25) is 0 Å². The first kappa shape index (κ1) is 18.5. The van der Waals surface area contributed by atoms with E-state index in [9.17, 15) is 13.2 Å². The number of halogens is 1. The second-order valence-electron chi connectivity index (χ2n) is 6.50. The number of sulfone groups is 1. The third kappa shape index (κ3) is 5.31. The van der Waals surface area contributed by atoms with Gasteiger partial charge in [-0.05, 0) is 44.4 Å². The fraction of sp³-hybridized carbons (Fsp3) is 0.588. The number of carbonyl (C=O) groups excluding carboxylic acids is 1. The van der Waals surface area contributed by atoms with Gasteiger partial charge in [-0.25, -0.2) is 8.42 Å². The highest BCUT2D eigenvalue weighted by molar-refractivity contribution is 9.10. The van der Waals surface area contributed by atoms with Crippen LogP contribution in [0.3, 0.4) is 0 Å². The first-order chi connectivity index (χ1) is 10.8. The fourth-order valence-electron chi connectivity index (χ4n) is 3.29. The van der Waals surface area contributed by atoms with Crippen LogP contribution < -0.4 is 0 Å². The molecule has 1 aromatic rings. The van der Waals surface area contributed by atoms with E-state index in [1.165, 1.54) is 0 Å². The first-order valence-corrected chi connectivity index (χ1v) is 10.7. The maximum atomic E-state index is 12.6. The average molecular weight is 402 g/mol. The van der Waals surface area contributed by atoms with Crippen molar-refractivity contribution < 1.29 is 13.2 Å². The van der Waals surface area contributed by atoms with Crippen molar-refractivity contribution in [3.8, 4) is 0 Å². The van der Waals surface area contributed by atoms with Crippen LogP contribution in [0.1, 0.15) is 45.1 Å². The van der Waals surface area contributed by atoms with E-state index in [0.29, 0.717) is 5.56 Å². The minimum absolute atomic E-state index is 0.0340. The molecule has 1 aliphatic carbocycles. The number of benzene rings is 1. The second kappa shape index (κ2) is 7.79. The van der Waals surface area contributed by atoms with Crippen LogP contribution in [0.5, 0.6) is 0 Å². The van der Waals surface area contributed by atoms with Gasteiger partial charge in [-0.3, -0.25) is 4.79 Å². The lowest BCUT2D eigenvalue weighted by Crippen LogP contribution is -2.46. The summed E-state index contributed by atoms with van der Waals surface area (Å²) in [6.45, 7) is 3.91. The van der Waals surface area contributed by atoms with Crippen molar-refractivity contribution in [1.82, 2.24) is 4.90 Å². The number of carbonyl (C=O) groups is 1. The Balaban J connectivity index is 2.07. The number of nitrogens with zero attached hydrogens (tertiary/aromatic N) is 1. The molecule has 0 bridgehead atoms. The van der Waals surface area contributed by atoms with Gasteiger partial charge in [0, 0.05) is 16.6 Å². The molecule has 1 amide bonds. The van der Waals surface area contributed by atoms with Gasteiger partial charge in [-0.1, -0.05) is 40.9 Å². The van der Waals surface area contributed by atoms with Gasteiger partial charge in [-0.15, -0.1) is 0 Å². The van der Waals surface area contributed by atoms with Gasteiger partial charge in [-0.2, -0.15) is 0 Å². The zero-order valence-corrected chi connectivity index (χ0v) is 16.1. The molecular formula is C17H24BrNO3S. The van der Waals surface area contributed by atoms with Crippen LogP contribution in [-0.2, 0) is 20.4 Å². The molecular weight excluding hydrogens is 378 g/mol. The zero-order chi connectivity index (χ0) is 17.0. The molecule has 1 aliphatic rings. The molecule has 0 unspecified atom stereocenters. The molecule has 6 heteroatoms. The van der Waals surface area contributed by atoms with Crippen LogP contribution in [0, 0.1) is 0 Å². The van der Waals surface area contributed by atoms with Crippen molar-refractivity contribution in [3.63, 3.8) is 0 Å². The SMILES string of the molecule is CC(C)N(C(=O)CS(=O)(=O)Cc1cccc(Br)c1)C1CCCC1. The molecule has 0 N–H and O–H groups in total. The summed E-state index contributed by atoms with van der Waals surface area (Å²) >= 11 is 3.34. The molecule has 1 aromatic carbocycles. The predicted octanol–water partition coefficient (Wildman–Crippen LogP) is 3.54. The lowest BCUT2D eigenvalue weighted by Gasteiger charge is -2.32. The molecule has 0 saturated heterocycles. The Kier molecular flexibility index (Phi) is 6.26. The van der Waals surface area contributed by atoms with E-state index in [2.05, 4.69) is 15.9 Å². The molecule has 0 aromatic heterocycles. The molecule has 1 saturated carbocycles. The summed E-state index contributed by atoms with van der Waals surface area (Å²) in [6, 6.07) is 7.43. The van der Waals surface area contributed by atoms with Crippen molar-refractivity contribution in [3.05, 3.63) is 34.3 Å².